The molecule has 0 heterocycles. The van der Waals surface area contributed by atoms with E-state index in [1.54, 1.807) is 14.2 Å². The topological polar surface area (TPSA) is 30.8 Å². The van der Waals surface area contributed by atoms with Gasteiger partial charge in [-0.2, -0.15) is 0 Å². The molecule has 1 unspecified atom stereocenters. The van der Waals surface area contributed by atoms with Crippen LogP contribution in [0.3, 0.4) is 0 Å². The van der Waals surface area contributed by atoms with Crippen LogP contribution in [-0.2, 0) is 0 Å². The fourth-order valence-electron chi connectivity index (χ4n) is 3.16. The van der Waals surface area contributed by atoms with Crippen LogP contribution in [0.5, 0.6) is 11.5 Å². The molecule has 0 saturated heterocycles. The summed E-state index contributed by atoms with van der Waals surface area (Å²) in [4.78, 5) is 5.17. The van der Waals surface area contributed by atoms with E-state index in [-0.39, 0.29) is 6.04 Å². The lowest BCUT2D eigenvalue weighted by Gasteiger charge is -2.18. The number of hydrogen-bond donors (Lipinski definition) is 0. The van der Waals surface area contributed by atoms with E-state index in [4.69, 9.17) is 14.5 Å². The zero-order valence-corrected chi connectivity index (χ0v) is 16.3. The second-order valence-corrected chi connectivity index (χ2v) is 6.36. The lowest BCUT2D eigenvalue weighted by molar-refractivity contribution is 0.388. The molecule has 1 atom stereocenters. The third-order valence-corrected chi connectivity index (χ3v) is 4.57. The standard InChI is InChI=1S/C25H25NO2/c1-4-11-23(22-17-16-21(27-2)18-24(22)28-3)26-25(19-12-7-5-8-13-19)20-14-9-6-10-15-20/h4-10,12-18,23H,1,11H2,2-3H3. The molecular formula is C25H25NO2. The molecular weight excluding hydrogens is 346 g/mol. The molecule has 3 aromatic rings. The molecule has 3 heteroatoms. The SMILES string of the molecule is C=CCC(N=C(c1ccccc1)c1ccccc1)c1ccc(OC)cc1OC. The van der Waals surface area contributed by atoms with Crippen molar-refractivity contribution >= 4 is 5.71 Å². The van der Waals surface area contributed by atoms with Crippen LogP contribution in [0.1, 0.15) is 29.2 Å². The highest BCUT2D eigenvalue weighted by molar-refractivity contribution is 6.13. The zero-order chi connectivity index (χ0) is 19.8. The van der Waals surface area contributed by atoms with E-state index < -0.39 is 0 Å². The van der Waals surface area contributed by atoms with Gasteiger partial charge in [0.1, 0.15) is 11.5 Å². The van der Waals surface area contributed by atoms with E-state index in [0.717, 1.165) is 33.9 Å². The second kappa shape index (κ2) is 9.56. The smallest absolute Gasteiger partial charge is 0.127 e. The number of hydrogen-bond acceptors (Lipinski definition) is 3. The number of methoxy groups -OCH3 is 2. The molecule has 3 rings (SSSR count). The predicted octanol–water partition coefficient (Wildman–Crippen LogP) is 5.86. The monoisotopic (exact) mass is 371 g/mol. The fourth-order valence-corrected chi connectivity index (χ4v) is 3.16. The van der Waals surface area contributed by atoms with E-state index in [0.29, 0.717) is 6.42 Å². The Balaban J connectivity index is 2.13. The number of rotatable bonds is 8. The number of benzene rings is 3. The van der Waals surface area contributed by atoms with Crippen molar-refractivity contribution in [3.63, 3.8) is 0 Å². The molecule has 3 nitrogen and oxygen atoms in total. The first kappa shape index (κ1) is 19.4. The molecule has 0 spiro atoms. The van der Waals surface area contributed by atoms with Crippen molar-refractivity contribution in [1.29, 1.82) is 0 Å². The minimum atomic E-state index is -0.117. The summed E-state index contributed by atoms with van der Waals surface area (Å²) < 4.78 is 11.0. The summed E-state index contributed by atoms with van der Waals surface area (Å²) in [5, 5.41) is 0. The molecule has 0 saturated carbocycles. The van der Waals surface area contributed by atoms with Gasteiger partial charge in [0.2, 0.25) is 0 Å². The number of nitrogens with zero attached hydrogens (tertiary/aromatic N) is 1. The minimum absolute atomic E-state index is 0.117. The van der Waals surface area contributed by atoms with Crippen molar-refractivity contribution in [2.24, 2.45) is 4.99 Å². The van der Waals surface area contributed by atoms with Crippen LogP contribution >= 0.6 is 0 Å². The van der Waals surface area contributed by atoms with Gasteiger partial charge in [-0.05, 0) is 18.6 Å². The number of ether oxygens (including phenoxy) is 2. The Labute approximate surface area is 167 Å². The third-order valence-electron chi connectivity index (χ3n) is 4.57. The fraction of sp³-hybridized carbons (Fsp3) is 0.160. The van der Waals surface area contributed by atoms with E-state index in [1.807, 2.05) is 60.7 Å². The van der Waals surface area contributed by atoms with Crippen LogP contribution in [-0.4, -0.2) is 19.9 Å². The van der Waals surface area contributed by atoms with Gasteiger partial charge in [0.15, 0.2) is 0 Å². The highest BCUT2D eigenvalue weighted by Gasteiger charge is 2.17. The molecule has 0 aliphatic heterocycles. The minimum Gasteiger partial charge on any atom is -0.497 e. The Morgan fingerprint density at radius 3 is 2.00 bits per heavy atom. The number of aliphatic imine (C=N–C) groups is 1. The highest BCUT2D eigenvalue weighted by atomic mass is 16.5. The van der Waals surface area contributed by atoms with Gasteiger partial charge in [0.05, 0.1) is 26.0 Å². The molecule has 0 aliphatic rings. The summed E-state index contributed by atoms with van der Waals surface area (Å²) in [7, 11) is 3.32. The summed E-state index contributed by atoms with van der Waals surface area (Å²) in [6.07, 6.45) is 2.59. The van der Waals surface area contributed by atoms with Gasteiger partial charge in [0.25, 0.3) is 0 Å². The predicted molar refractivity (Wildman–Crippen MR) is 116 cm³/mol. The van der Waals surface area contributed by atoms with E-state index in [2.05, 4.69) is 30.8 Å². The Morgan fingerprint density at radius 1 is 0.893 bits per heavy atom. The van der Waals surface area contributed by atoms with Crippen LogP contribution in [0.15, 0.2) is 96.5 Å². The van der Waals surface area contributed by atoms with Gasteiger partial charge in [0, 0.05) is 22.8 Å². The lowest BCUT2D eigenvalue weighted by atomic mass is 9.99. The van der Waals surface area contributed by atoms with Crippen LogP contribution in [0, 0.1) is 0 Å². The molecule has 3 aromatic carbocycles. The average molecular weight is 371 g/mol. The normalized spacial score (nSPS) is 11.4. The lowest BCUT2D eigenvalue weighted by Crippen LogP contribution is -2.08. The molecule has 0 aliphatic carbocycles. The second-order valence-electron chi connectivity index (χ2n) is 6.36. The van der Waals surface area contributed by atoms with Gasteiger partial charge >= 0.3 is 0 Å². The van der Waals surface area contributed by atoms with Gasteiger partial charge < -0.3 is 9.47 Å². The summed E-state index contributed by atoms with van der Waals surface area (Å²) in [5.74, 6) is 1.52. The molecule has 0 aromatic heterocycles. The Hall–Kier alpha value is -3.33. The van der Waals surface area contributed by atoms with E-state index >= 15 is 0 Å². The van der Waals surface area contributed by atoms with Crippen LogP contribution < -0.4 is 9.47 Å². The van der Waals surface area contributed by atoms with Gasteiger partial charge in [-0.15, -0.1) is 6.58 Å². The summed E-state index contributed by atoms with van der Waals surface area (Å²) in [6, 6.07) is 26.2. The van der Waals surface area contributed by atoms with Crippen molar-refractivity contribution < 1.29 is 9.47 Å². The molecule has 0 amide bonds. The Bertz CT molecular complexity index is 892. The Morgan fingerprint density at radius 2 is 1.50 bits per heavy atom. The van der Waals surface area contributed by atoms with Gasteiger partial charge in [-0.25, -0.2) is 0 Å². The van der Waals surface area contributed by atoms with Crippen molar-refractivity contribution in [3.05, 3.63) is 108 Å². The van der Waals surface area contributed by atoms with E-state index in [1.165, 1.54) is 0 Å². The largest absolute Gasteiger partial charge is 0.497 e. The summed E-state index contributed by atoms with van der Waals surface area (Å²) >= 11 is 0. The van der Waals surface area contributed by atoms with E-state index in [9.17, 15) is 0 Å². The molecule has 28 heavy (non-hydrogen) atoms. The maximum Gasteiger partial charge on any atom is 0.127 e. The molecule has 142 valence electrons. The van der Waals surface area contributed by atoms with Crippen LogP contribution in [0.2, 0.25) is 0 Å². The molecule has 0 fully saturated rings. The van der Waals surface area contributed by atoms with Crippen molar-refractivity contribution in [1.82, 2.24) is 0 Å². The third kappa shape index (κ3) is 4.49. The van der Waals surface area contributed by atoms with Crippen LogP contribution in [0.25, 0.3) is 0 Å². The quantitative estimate of drug-likeness (QED) is 0.367. The first-order valence-corrected chi connectivity index (χ1v) is 9.28. The van der Waals surface area contributed by atoms with Crippen molar-refractivity contribution in [2.45, 2.75) is 12.5 Å². The summed E-state index contributed by atoms with van der Waals surface area (Å²) in [5.41, 5.74) is 4.11. The Kier molecular flexibility index (Phi) is 6.64. The summed E-state index contributed by atoms with van der Waals surface area (Å²) in [6.45, 7) is 3.93. The van der Waals surface area contributed by atoms with Crippen molar-refractivity contribution in [2.75, 3.05) is 14.2 Å². The average Bonchev–Trinajstić information content (AvgIpc) is 2.77. The highest BCUT2D eigenvalue weighted by Crippen LogP contribution is 2.34. The maximum atomic E-state index is 5.62. The molecule has 0 radical (unpaired) electrons. The van der Waals surface area contributed by atoms with Crippen LogP contribution in [0.4, 0.5) is 0 Å². The van der Waals surface area contributed by atoms with Gasteiger partial charge in [-0.3, -0.25) is 4.99 Å². The van der Waals surface area contributed by atoms with Crippen molar-refractivity contribution in [3.8, 4) is 11.5 Å². The molecule has 0 N–H and O–H groups in total. The zero-order valence-electron chi connectivity index (χ0n) is 16.3. The molecule has 0 bridgehead atoms. The first-order valence-electron chi connectivity index (χ1n) is 9.28. The maximum absolute atomic E-state index is 5.62. The first-order chi connectivity index (χ1) is 13.8. The van der Waals surface area contributed by atoms with Gasteiger partial charge in [-0.1, -0.05) is 66.7 Å².